The third kappa shape index (κ3) is 3.02. The first-order valence-electron chi connectivity index (χ1n) is 5.79. The monoisotopic (exact) mass is 306 g/mol. The molecule has 0 bridgehead atoms. The minimum absolute atomic E-state index is 0.106. The van der Waals surface area contributed by atoms with E-state index in [0.29, 0.717) is 11.0 Å². The smallest absolute Gasteiger partial charge is 0.236 e. The number of H-pyrrole nitrogens is 1. The van der Waals surface area contributed by atoms with E-state index in [1.165, 1.54) is 0 Å². The van der Waals surface area contributed by atoms with E-state index in [-0.39, 0.29) is 23.4 Å². The van der Waals surface area contributed by atoms with Crippen LogP contribution < -0.4 is 11.1 Å². The van der Waals surface area contributed by atoms with Gasteiger partial charge in [0.05, 0.1) is 5.75 Å². The molecule has 0 radical (unpaired) electrons. The number of carbonyl (C=O) groups is 1. The van der Waals surface area contributed by atoms with E-state index in [0.717, 1.165) is 11.8 Å². The zero-order valence-corrected chi connectivity index (χ0v) is 11.4. The number of nitrogen functional groups attached to an aromatic ring is 1. The van der Waals surface area contributed by atoms with Gasteiger partial charge in [-0.25, -0.2) is 9.73 Å². The van der Waals surface area contributed by atoms with Crippen molar-refractivity contribution in [3.8, 4) is 5.82 Å². The summed E-state index contributed by atoms with van der Waals surface area (Å²) in [5.74, 6) is 0.669. The maximum absolute atomic E-state index is 11.9. The number of nitrogens with one attached hydrogen (secondary N) is 2. The highest BCUT2D eigenvalue weighted by molar-refractivity contribution is 7.99. The Bertz CT molecular complexity index is 734. The summed E-state index contributed by atoms with van der Waals surface area (Å²) in [6, 6.07) is 3.65. The van der Waals surface area contributed by atoms with Crippen molar-refractivity contribution < 1.29 is 9.42 Å². The second kappa shape index (κ2) is 5.66. The van der Waals surface area contributed by atoms with Gasteiger partial charge in [0.15, 0.2) is 0 Å². The van der Waals surface area contributed by atoms with Crippen molar-refractivity contribution in [1.82, 2.24) is 30.1 Å². The van der Waals surface area contributed by atoms with Crippen molar-refractivity contribution in [2.24, 2.45) is 0 Å². The fourth-order valence-corrected chi connectivity index (χ4v) is 2.13. The molecule has 0 saturated heterocycles. The number of nitrogens with two attached hydrogens (primary N) is 1. The first-order valence-corrected chi connectivity index (χ1v) is 6.77. The SMILES string of the molecule is Nc1nc(SCC(=O)Nc2nonc2-n2cccc2)n[nH]1. The Morgan fingerprint density at radius 2 is 2.24 bits per heavy atom. The molecule has 1 amide bonds. The fraction of sp³-hybridized carbons (Fsp3) is 0.100. The molecular formula is C10H10N8O2S. The van der Waals surface area contributed by atoms with Crippen LogP contribution in [0.1, 0.15) is 0 Å². The lowest BCUT2D eigenvalue weighted by molar-refractivity contribution is -0.113. The normalized spacial score (nSPS) is 10.7. The summed E-state index contributed by atoms with van der Waals surface area (Å²) in [5.41, 5.74) is 5.39. The Hall–Kier alpha value is -2.82. The van der Waals surface area contributed by atoms with Crippen LogP contribution in [0.15, 0.2) is 34.3 Å². The Morgan fingerprint density at radius 3 is 2.95 bits per heavy atom. The lowest BCUT2D eigenvalue weighted by Gasteiger charge is -2.02. The summed E-state index contributed by atoms with van der Waals surface area (Å²) < 4.78 is 6.32. The van der Waals surface area contributed by atoms with Crippen LogP contribution >= 0.6 is 11.8 Å². The van der Waals surface area contributed by atoms with Crippen molar-refractivity contribution in [2.45, 2.75) is 5.16 Å². The van der Waals surface area contributed by atoms with Crippen molar-refractivity contribution in [1.29, 1.82) is 0 Å². The maximum Gasteiger partial charge on any atom is 0.236 e. The molecule has 0 saturated carbocycles. The van der Waals surface area contributed by atoms with Crippen LogP contribution in [-0.4, -0.2) is 41.7 Å². The van der Waals surface area contributed by atoms with Crippen LogP contribution in [0.5, 0.6) is 0 Å². The minimum atomic E-state index is -0.285. The van der Waals surface area contributed by atoms with Gasteiger partial charge in [-0.2, -0.15) is 4.98 Å². The zero-order chi connectivity index (χ0) is 14.7. The summed E-state index contributed by atoms with van der Waals surface area (Å²) in [5, 5.41) is 16.7. The number of thioether (sulfide) groups is 1. The van der Waals surface area contributed by atoms with E-state index in [4.69, 9.17) is 5.73 Å². The highest BCUT2D eigenvalue weighted by atomic mass is 32.2. The number of anilines is 2. The van der Waals surface area contributed by atoms with Gasteiger partial charge < -0.3 is 15.6 Å². The number of amides is 1. The van der Waals surface area contributed by atoms with Gasteiger partial charge in [0, 0.05) is 12.4 Å². The third-order valence-electron chi connectivity index (χ3n) is 2.39. The van der Waals surface area contributed by atoms with E-state index in [1.54, 1.807) is 17.0 Å². The molecule has 0 atom stereocenters. The van der Waals surface area contributed by atoms with Crippen molar-refractivity contribution >= 4 is 29.4 Å². The molecule has 4 N–H and O–H groups in total. The molecular weight excluding hydrogens is 296 g/mol. The molecule has 0 aliphatic carbocycles. The largest absolute Gasteiger partial charge is 0.368 e. The molecule has 0 aliphatic heterocycles. The Morgan fingerprint density at radius 1 is 1.43 bits per heavy atom. The van der Waals surface area contributed by atoms with Crippen LogP contribution in [0, 0.1) is 0 Å². The molecule has 10 nitrogen and oxygen atoms in total. The molecule has 3 aromatic heterocycles. The minimum Gasteiger partial charge on any atom is -0.368 e. The highest BCUT2D eigenvalue weighted by Crippen LogP contribution is 2.17. The molecule has 0 aromatic carbocycles. The quantitative estimate of drug-likeness (QED) is 0.571. The molecule has 3 rings (SSSR count). The lowest BCUT2D eigenvalue weighted by atomic mass is 10.5. The van der Waals surface area contributed by atoms with Gasteiger partial charge in [-0.3, -0.25) is 4.79 Å². The van der Waals surface area contributed by atoms with Gasteiger partial charge in [-0.1, -0.05) is 11.8 Å². The topological polar surface area (TPSA) is 141 Å². The van der Waals surface area contributed by atoms with Gasteiger partial charge >= 0.3 is 0 Å². The number of hydrogen-bond acceptors (Lipinski definition) is 8. The maximum atomic E-state index is 11.9. The second-order valence-electron chi connectivity index (χ2n) is 3.87. The van der Waals surface area contributed by atoms with Crippen molar-refractivity contribution in [2.75, 3.05) is 16.8 Å². The van der Waals surface area contributed by atoms with Crippen LogP contribution in [0.25, 0.3) is 5.82 Å². The van der Waals surface area contributed by atoms with Gasteiger partial charge in [-0.05, 0) is 22.4 Å². The average Bonchev–Trinajstić information content (AvgIpc) is 3.16. The number of carbonyl (C=O) groups excluding carboxylic acids is 1. The summed E-state index contributed by atoms with van der Waals surface area (Å²) in [6.45, 7) is 0. The first kappa shape index (κ1) is 13.2. The summed E-state index contributed by atoms with van der Waals surface area (Å²) in [7, 11) is 0. The van der Waals surface area contributed by atoms with E-state index < -0.39 is 0 Å². The number of hydrogen-bond donors (Lipinski definition) is 3. The van der Waals surface area contributed by atoms with Crippen molar-refractivity contribution in [3.05, 3.63) is 24.5 Å². The number of rotatable bonds is 5. The van der Waals surface area contributed by atoms with E-state index in [1.807, 2.05) is 12.1 Å². The molecule has 0 spiro atoms. The standard InChI is InChI=1S/C10H10N8O2S/c11-9-13-10(15-14-9)21-5-6(19)12-7-8(17-20-16-7)18-3-1-2-4-18/h1-4H,5H2,(H,12,16,19)(H3,11,13,14,15). The number of aromatic amines is 1. The van der Waals surface area contributed by atoms with Crippen LogP contribution in [0.3, 0.4) is 0 Å². The highest BCUT2D eigenvalue weighted by Gasteiger charge is 2.15. The molecule has 0 unspecified atom stereocenters. The molecule has 3 heterocycles. The van der Waals surface area contributed by atoms with Crippen LogP contribution in [0.4, 0.5) is 11.8 Å². The molecule has 3 aromatic rings. The average molecular weight is 306 g/mol. The predicted octanol–water partition coefficient (Wildman–Crippen LogP) is 0.291. The molecule has 0 fully saturated rings. The molecule has 0 aliphatic rings. The Kier molecular flexibility index (Phi) is 3.55. The first-order chi connectivity index (χ1) is 10.2. The van der Waals surface area contributed by atoms with E-state index >= 15 is 0 Å². The Labute approximate surface area is 122 Å². The van der Waals surface area contributed by atoms with Crippen LogP contribution in [-0.2, 0) is 4.79 Å². The summed E-state index contributed by atoms with van der Waals surface area (Å²) in [4.78, 5) is 15.7. The van der Waals surface area contributed by atoms with Crippen molar-refractivity contribution in [3.63, 3.8) is 0 Å². The summed E-state index contributed by atoms with van der Waals surface area (Å²) in [6.07, 6.45) is 3.53. The van der Waals surface area contributed by atoms with Gasteiger partial charge in [0.1, 0.15) is 0 Å². The second-order valence-corrected chi connectivity index (χ2v) is 4.81. The number of nitrogens with zero attached hydrogens (tertiary/aromatic N) is 5. The van der Waals surface area contributed by atoms with E-state index in [2.05, 4.69) is 35.4 Å². The lowest BCUT2D eigenvalue weighted by Crippen LogP contribution is -2.15. The molecule has 108 valence electrons. The van der Waals surface area contributed by atoms with Gasteiger partial charge in [0.25, 0.3) is 0 Å². The van der Waals surface area contributed by atoms with Gasteiger partial charge in [-0.15, -0.1) is 5.10 Å². The third-order valence-corrected chi connectivity index (χ3v) is 3.24. The van der Waals surface area contributed by atoms with E-state index in [9.17, 15) is 4.79 Å². The molecule has 11 heteroatoms. The van der Waals surface area contributed by atoms with Crippen LogP contribution in [0.2, 0.25) is 0 Å². The molecule has 21 heavy (non-hydrogen) atoms. The zero-order valence-electron chi connectivity index (χ0n) is 10.6. The number of aromatic nitrogens is 6. The Balaban J connectivity index is 1.62. The van der Waals surface area contributed by atoms with Gasteiger partial charge in [0.2, 0.25) is 28.6 Å². The fourth-order valence-electron chi connectivity index (χ4n) is 1.53. The predicted molar refractivity (Wildman–Crippen MR) is 73.8 cm³/mol. The summed E-state index contributed by atoms with van der Waals surface area (Å²) >= 11 is 1.14.